The number of pyridine rings is 1. The number of aliphatic imine (C=N–C) groups is 1. The van der Waals surface area contributed by atoms with E-state index in [0.717, 1.165) is 11.3 Å². The first-order valence-corrected chi connectivity index (χ1v) is 5.95. The van der Waals surface area contributed by atoms with Crippen LogP contribution >= 0.6 is 0 Å². The number of fused-ring (bicyclic) bond motifs is 1. The summed E-state index contributed by atoms with van der Waals surface area (Å²) in [5.41, 5.74) is 7.55. The van der Waals surface area contributed by atoms with E-state index in [-0.39, 0.29) is 5.54 Å². The molecule has 0 radical (unpaired) electrons. The molecule has 96 valence electrons. The zero-order valence-electron chi connectivity index (χ0n) is 11.0. The zero-order chi connectivity index (χ0) is 13.2. The number of nitrogens with zero attached hydrogens (tertiary/aromatic N) is 3. The molecule has 2 rings (SSSR count). The molecular formula is C13H19N5. The highest BCUT2D eigenvalue weighted by atomic mass is 15.1. The minimum atomic E-state index is -0.0769. The molecule has 3 N–H and O–H groups in total. The molecule has 0 aliphatic carbocycles. The van der Waals surface area contributed by atoms with Crippen LogP contribution in [-0.2, 0) is 6.54 Å². The van der Waals surface area contributed by atoms with E-state index in [4.69, 9.17) is 5.73 Å². The molecule has 2 aromatic heterocycles. The number of rotatable bonds is 2. The smallest absolute Gasteiger partial charge is 0.189 e. The molecule has 0 atom stereocenters. The molecule has 0 bridgehead atoms. The fourth-order valence-electron chi connectivity index (χ4n) is 1.65. The molecule has 0 aromatic carbocycles. The fourth-order valence-corrected chi connectivity index (χ4v) is 1.65. The average Bonchev–Trinajstić information content (AvgIpc) is 2.66. The van der Waals surface area contributed by atoms with E-state index >= 15 is 0 Å². The summed E-state index contributed by atoms with van der Waals surface area (Å²) in [5.74, 6) is 0.444. The number of aromatic nitrogens is 2. The number of hydrogen-bond acceptors (Lipinski definition) is 2. The predicted octanol–water partition coefficient (Wildman–Crippen LogP) is 1.54. The van der Waals surface area contributed by atoms with Gasteiger partial charge in [0.1, 0.15) is 5.65 Å². The van der Waals surface area contributed by atoms with Crippen LogP contribution in [0.1, 0.15) is 26.5 Å². The van der Waals surface area contributed by atoms with Gasteiger partial charge in [0.05, 0.1) is 12.2 Å². The lowest BCUT2D eigenvalue weighted by molar-refractivity contribution is 0.508. The van der Waals surface area contributed by atoms with Crippen LogP contribution in [0.4, 0.5) is 0 Å². The Kier molecular flexibility index (Phi) is 3.23. The molecule has 2 heterocycles. The van der Waals surface area contributed by atoms with Gasteiger partial charge in [-0.2, -0.15) is 0 Å². The van der Waals surface area contributed by atoms with Crippen LogP contribution in [0.5, 0.6) is 0 Å². The van der Waals surface area contributed by atoms with E-state index in [1.165, 1.54) is 0 Å². The Bertz CT molecular complexity index is 529. The van der Waals surface area contributed by atoms with E-state index in [0.29, 0.717) is 12.5 Å². The summed E-state index contributed by atoms with van der Waals surface area (Å²) in [6.07, 6.45) is 3.93. The Morgan fingerprint density at radius 1 is 1.44 bits per heavy atom. The fraction of sp³-hybridized carbons (Fsp3) is 0.385. The maximum atomic E-state index is 5.81. The van der Waals surface area contributed by atoms with Gasteiger partial charge in [0.15, 0.2) is 5.96 Å². The predicted molar refractivity (Wildman–Crippen MR) is 73.4 cm³/mol. The first-order chi connectivity index (χ1) is 8.44. The Balaban J connectivity index is 2.07. The van der Waals surface area contributed by atoms with E-state index in [2.05, 4.69) is 15.3 Å². The number of guanidine groups is 1. The Morgan fingerprint density at radius 3 is 2.89 bits per heavy atom. The Morgan fingerprint density at radius 2 is 2.22 bits per heavy atom. The number of imidazole rings is 1. The zero-order valence-corrected chi connectivity index (χ0v) is 11.0. The monoisotopic (exact) mass is 245 g/mol. The SMILES string of the molecule is CC(C)(C)NC(N)=NCc1cn2ccccc2n1. The van der Waals surface area contributed by atoms with E-state index in [1.807, 2.05) is 55.8 Å². The molecule has 2 aromatic rings. The Labute approximate surface area is 107 Å². The van der Waals surface area contributed by atoms with Gasteiger partial charge in [-0.1, -0.05) is 6.07 Å². The molecule has 18 heavy (non-hydrogen) atoms. The topological polar surface area (TPSA) is 67.7 Å². The third-order valence-corrected chi connectivity index (χ3v) is 2.33. The Hall–Kier alpha value is -2.04. The summed E-state index contributed by atoms with van der Waals surface area (Å²) in [6.45, 7) is 6.61. The van der Waals surface area contributed by atoms with Crippen molar-refractivity contribution in [3.63, 3.8) is 0 Å². The lowest BCUT2D eigenvalue weighted by Gasteiger charge is -2.20. The van der Waals surface area contributed by atoms with Gasteiger partial charge in [-0.25, -0.2) is 9.98 Å². The molecule has 0 aliphatic heterocycles. The summed E-state index contributed by atoms with van der Waals surface area (Å²) < 4.78 is 1.97. The van der Waals surface area contributed by atoms with Crippen molar-refractivity contribution in [3.05, 3.63) is 36.3 Å². The van der Waals surface area contributed by atoms with Crippen LogP contribution in [0, 0.1) is 0 Å². The maximum absolute atomic E-state index is 5.81. The van der Waals surface area contributed by atoms with Crippen molar-refractivity contribution >= 4 is 11.6 Å². The average molecular weight is 245 g/mol. The lowest BCUT2D eigenvalue weighted by atomic mass is 10.1. The van der Waals surface area contributed by atoms with Gasteiger partial charge in [-0.15, -0.1) is 0 Å². The van der Waals surface area contributed by atoms with Crippen LogP contribution in [0.15, 0.2) is 35.6 Å². The van der Waals surface area contributed by atoms with Crippen molar-refractivity contribution in [3.8, 4) is 0 Å². The molecule has 0 fully saturated rings. The van der Waals surface area contributed by atoms with Crippen molar-refractivity contribution in [2.45, 2.75) is 32.9 Å². The third kappa shape index (κ3) is 3.23. The van der Waals surface area contributed by atoms with Gasteiger partial charge in [0.25, 0.3) is 0 Å². The second kappa shape index (κ2) is 4.68. The molecule has 0 aliphatic rings. The normalized spacial score (nSPS) is 12.9. The summed E-state index contributed by atoms with van der Waals surface area (Å²) in [5, 5.41) is 3.12. The van der Waals surface area contributed by atoms with Gasteiger partial charge < -0.3 is 15.5 Å². The minimum Gasteiger partial charge on any atom is -0.370 e. The summed E-state index contributed by atoms with van der Waals surface area (Å²) in [7, 11) is 0. The molecular weight excluding hydrogens is 226 g/mol. The highest BCUT2D eigenvalue weighted by Crippen LogP contribution is 2.05. The summed E-state index contributed by atoms with van der Waals surface area (Å²) in [6, 6.07) is 5.89. The number of nitrogens with two attached hydrogens (primary N) is 1. The van der Waals surface area contributed by atoms with Crippen molar-refractivity contribution in [1.82, 2.24) is 14.7 Å². The van der Waals surface area contributed by atoms with Gasteiger partial charge in [0, 0.05) is 17.9 Å². The highest BCUT2D eigenvalue weighted by Gasteiger charge is 2.09. The van der Waals surface area contributed by atoms with Gasteiger partial charge in [-0.05, 0) is 32.9 Å². The van der Waals surface area contributed by atoms with Crippen LogP contribution in [0.25, 0.3) is 5.65 Å². The number of nitrogens with one attached hydrogen (secondary N) is 1. The van der Waals surface area contributed by atoms with E-state index in [9.17, 15) is 0 Å². The second-order valence-electron chi connectivity index (χ2n) is 5.27. The molecule has 0 saturated carbocycles. The third-order valence-electron chi connectivity index (χ3n) is 2.33. The van der Waals surface area contributed by atoms with Crippen LogP contribution in [0.3, 0.4) is 0 Å². The molecule has 0 spiro atoms. The van der Waals surface area contributed by atoms with Gasteiger partial charge >= 0.3 is 0 Å². The summed E-state index contributed by atoms with van der Waals surface area (Å²) >= 11 is 0. The van der Waals surface area contributed by atoms with Crippen LogP contribution in [-0.4, -0.2) is 20.9 Å². The largest absolute Gasteiger partial charge is 0.370 e. The molecule has 5 heteroatoms. The lowest BCUT2D eigenvalue weighted by Crippen LogP contribution is -2.44. The van der Waals surface area contributed by atoms with Gasteiger partial charge in [-0.3, -0.25) is 0 Å². The molecule has 0 amide bonds. The quantitative estimate of drug-likeness (QED) is 0.623. The maximum Gasteiger partial charge on any atom is 0.189 e. The molecule has 5 nitrogen and oxygen atoms in total. The summed E-state index contributed by atoms with van der Waals surface area (Å²) in [4.78, 5) is 8.74. The molecule has 0 unspecified atom stereocenters. The van der Waals surface area contributed by atoms with Crippen molar-refractivity contribution in [1.29, 1.82) is 0 Å². The number of hydrogen-bond donors (Lipinski definition) is 2. The van der Waals surface area contributed by atoms with Crippen LogP contribution < -0.4 is 11.1 Å². The highest BCUT2D eigenvalue weighted by molar-refractivity contribution is 5.78. The minimum absolute atomic E-state index is 0.0769. The van der Waals surface area contributed by atoms with E-state index < -0.39 is 0 Å². The van der Waals surface area contributed by atoms with Gasteiger partial charge in [0.2, 0.25) is 0 Å². The van der Waals surface area contributed by atoms with E-state index in [1.54, 1.807) is 0 Å². The van der Waals surface area contributed by atoms with Crippen LogP contribution in [0.2, 0.25) is 0 Å². The first kappa shape index (κ1) is 12.4. The molecule has 0 saturated heterocycles. The standard InChI is InChI=1S/C13H19N5/c1-13(2,3)17-12(14)15-8-10-9-18-7-5-4-6-11(18)16-10/h4-7,9H,8H2,1-3H3,(H3,14,15,17). The van der Waals surface area contributed by atoms with Crippen molar-refractivity contribution < 1.29 is 0 Å². The first-order valence-electron chi connectivity index (χ1n) is 5.95. The van der Waals surface area contributed by atoms with Crippen molar-refractivity contribution in [2.75, 3.05) is 0 Å². The van der Waals surface area contributed by atoms with Crippen molar-refractivity contribution in [2.24, 2.45) is 10.7 Å². The second-order valence-corrected chi connectivity index (χ2v) is 5.27.